The molecule has 1 aromatic rings. The fourth-order valence-electron chi connectivity index (χ4n) is 2.63. The highest BCUT2D eigenvalue weighted by Gasteiger charge is 2.33. The first kappa shape index (κ1) is 16.7. The van der Waals surface area contributed by atoms with E-state index < -0.39 is 0 Å². The molecule has 0 aromatic heterocycles. The number of hydrogen-bond acceptors (Lipinski definition) is 3. The highest BCUT2D eigenvalue weighted by atomic mass is 35.5. The maximum Gasteiger partial charge on any atom is 0.233 e. The molecule has 1 amide bonds. The lowest BCUT2D eigenvalue weighted by atomic mass is 10.2. The second kappa shape index (κ2) is 8.06. The number of carbonyl (C=O) groups excluding carboxylic acids is 1. The van der Waals surface area contributed by atoms with Gasteiger partial charge in [0, 0.05) is 17.1 Å². The highest BCUT2D eigenvalue weighted by molar-refractivity contribution is 8.00. The summed E-state index contributed by atoms with van der Waals surface area (Å²) in [6.07, 6.45) is 1.01. The average molecular weight is 327 g/mol. The zero-order valence-electron chi connectivity index (χ0n) is 12.7. The van der Waals surface area contributed by atoms with Gasteiger partial charge in [-0.2, -0.15) is 0 Å². The summed E-state index contributed by atoms with van der Waals surface area (Å²) in [5, 5.41) is 0.821. The molecule has 1 unspecified atom stereocenters. The van der Waals surface area contributed by atoms with Gasteiger partial charge in [0.2, 0.25) is 5.91 Å². The normalized spacial score (nSPS) is 18.8. The molecule has 1 heterocycles. The van der Waals surface area contributed by atoms with Crippen LogP contribution in [0.5, 0.6) is 0 Å². The molecule has 1 atom stereocenters. The quantitative estimate of drug-likeness (QED) is 0.764. The molecule has 21 heavy (non-hydrogen) atoms. The van der Waals surface area contributed by atoms with Crippen LogP contribution in [0.15, 0.2) is 24.3 Å². The Bertz CT molecular complexity index is 479. The molecule has 5 heteroatoms. The third-order valence-corrected chi connectivity index (χ3v) is 5.49. The van der Waals surface area contributed by atoms with Crippen LogP contribution in [0.25, 0.3) is 0 Å². The standard InChI is InChI=1S/C16H23ClN2OS/c1-3-18(4-2)10-7-11-19-15(20)12-21-16(19)13-8-5-6-9-14(13)17/h5-6,8-9,16H,3-4,7,10-12H2,1-2H3. The van der Waals surface area contributed by atoms with Gasteiger partial charge in [0.15, 0.2) is 0 Å². The average Bonchev–Trinajstić information content (AvgIpc) is 2.85. The van der Waals surface area contributed by atoms with Crippen LogP contribution in [0.1, 0.15) is 31.2 Å². The van der Waals surface area contributed by atoms with Crippen LogP contribution >= 0.6 is 23.4 Å². The van der Waals surface area contributed by atoms with E-state index in [2.05, 4.69) is 18.7 Å². The number of halogens is 1. The Hall–Kier alpha value is -0.710. The van der Waals surface area contributed by atoms with Crippen LogP contribution in [0.4, 0.5) is 0 Å². The SMILES string of the molecule is CCN(CC)CCCN1C(=O)CSC1c1ccccc1Cl. The lowest BCUT2D eigenvalue weighted by molar-refractivity contribution is -0.128. The summed E-state index contributed by atoms with van der Waals surface area (Å²) in [7, 11) is 0. The van der Waals surface area contributed by atoms with Gasteiger partial charge in [-0.05, 0) is 32.1 Å². The van der Waals surface area contributed by atoms with E-state index in [1.54, 1.807) is 11.8 Å². The van der Waals surface area contributed by atoms with Gasteiger partial charge < -0.3 is 9.80 Å². The number of carbonyl (C=O) groups is 1. The molecule has 1 aliphatic rings. The molecule has 0 N–H and O–H groups in total. The van der Waals surface area contributed by atoms with Gasteiger partial charge in [-0.1, -0.05) is 43.6 Å². The maximum absolute atomic E-state index is 12.1. The molecular formula is C16H23ClN2OS. The first-order valence-corrected chi connectivity index (χ1v) is 8.97. The van der Waals surface area contributed by atoms with Crippen LogP contribution in [0, 0.1) is 0 Å². The fraction of sp³-hybridized carbons (Fsp3) is 0.562. The van der Waals surface area contributed by atoms with Crippen molar-refractivity contribution in [1.82, 2.24) is 9.80 Å². The first-order valence-electron chi connectivity index (χ1n) is 7.55. The van der Waals surface area contributed by atoms with E-state index in [0.717, 1.165) is 43.2 Å². The predicted octanol–water partition coefficient (Wildman–Crippen LogP) is 3.65. The summed E-state index contributed by atoms with van der Waals surface area (Å²) in [5.41, 5.74) is 1.05. The van der Waals surface area contributed by atoms with E-state index in [1.807, 2.05) is 29.2 Å². The molecule has 0 bridgehead atoms. The van der Waals surface area contributed by atoms with Crippen molar-refractivity contribution in [2.45, 2.75) is 25.6 Å². The highest BCUT2D eigenvalue weighted by Crippen LogP contribution is 2.41. The minimum atomic E-state index is 0.0721. The van der Waals surface area contributed by atoms with Crippen LogP contribution in [-0.4, -0.2) is 47.6 Å². The van der Waals surface area contributed by atoms with Gasteiger partial charge in [-0.15, -0.1) is 11.8 Å². The third-order valence-electron chi connectivity index (χ3n) is 3.91. The van der Waals surface area contributed by atoms with Gasteiger partial charge in [-0.3, -0.25) is 4.79 Å². The Kier molecular flexibility index (Phi) is 6.40. The summed E-state index contributed by atoms with van der Waals surface area (Å²) in [5.74, 6) is 0.783. The Morgan fingerprint density at radius 1 is 1.33 bits per heavy atom. The van der Waals surface area contributed by atoms with E-state index in [1.165, 1.54) is 0 Å². The van der Waals surface area contributed by atoms with E-state index in [0.29, 0.717) is 5.75 Å². The van der Waals surface area contributed by atoms with Gasteiger partial charge in [-0.25, -0.2) is 0 Å². The van der Waals surface area contributed by atoms with Crippen LogP contribution in [0.3, 0.4) is 0 Å². The lowest BCUT2D eigenvalue weighted by Crippen LogP contribution is -2.32. The zero-order valence-corrected chi connectivity index (χ0v) is 14.3. The van der Waals surface area contributed by atoms with Crippen LogP contribution < -0.4 is 0 Å². The van der Waals surface area contributed by atoms with Crippen molar-refractivity contribution in [3.05, 3.63) is 34.9 Å². The van der Waals surface area contributed by atoms with Gasteiger partial charge >= 0.3 is 0 Å². The molecule has 3 nitrogen and oxygen atoms in total. The molecule has 1 aliphatic heterocycles. The fourth-order valence-corrected chi connectivity index (χ4v) is 4.19. The summed E-state index contributed by atoms with van der Waals surface area (Å²) < 4.78 is 0. The molecule has 116 valence electrons. The molecule has 2 rings (SSSR count). The summed E-state index contributed by atoms with van der Waals surface area (Å²) in [6.45, 7) is 8.31. The van der Waals surface area contributed by atoms with Gasteiger partial charge in [0.05, 0.1) is 5.75 Å². The van der Waals surface area contributed by atoms with Crippen molar-refractivity contribution in [3.63, 3.8) is 0 Å². The number of benzene rings is 1. The van der Waals surface area contributed by atoms with E-state index in [-0.39, 0.29) is 11.3 Å². The Morgan fingerprint density at radius 2 is 2.05 bits per heavy atom. The van der Waals surface area contributed by atoms with Crippen molar-refractivity contribution >= 4 is 29.3 Å². The Labute approximate surface area is 136 Å². The number of rotatable bonds is 7. The molecule has 0 spiro atoms. The number of thioether (sulfide) groups is 1. The Balaban J connectivity index is 1.99. The summed E-state index contributed by atoms with van der Waals surface area (Å²) in [4.78, 5) is 16.5. The topological polar surface area (TPSA) is 23.6 Å². The van der Waals surface area contributed by atoms with Crippen LogP contribution in [0.2, 0.25) is 5.02 Å². The van der Waals surface area contributed by atoms with Crippen molar-refractivity contribution in [3.8, 4) is 0 Å². The molecule has 1 saturated heterocycles. The van der Waals surface area contributed by atoms with Crippen molar-refractivity contribution in [1.29, 1.82) is 0 Å². The zero-order chi connectivity index (χ0) is 15.2. The van der Waals surface area contributed by atoms with Crippen molar-refractivity contribution < 1.29 is 4.79 Å². The largest absolute Gasteiger partial charge is 0.326 e. The van der Waals surface area contributed by atoms with Crippen molar-refractivity contribution in [2.75, 3.05) is 31.9 Å². The monoisotopic (exact) mass is 326 g/mol. The van der Waals surface area contributed by atoms with Crippen LogP contribution in [-0.2, 0) is 4.79 Å². The van der Waals surface area contributed by atoms with E-state index in [4.69, 9.17) is 11.6 Å². The minimum absolute atomic E-state index is 0.0721. The van der Waals surface area contributed by atoms with E-state index in [9.17, 15) is 4.79 Å². The molecular weight excluding hydrogens is 304 g/mol. The molecule has 0 radical (unpaired) electrons. The second-order valence-corrected chi connectivity index (χ2v) is 6.63. The number of hydrogen-bond donors (Lipinski definition) is 0. The Morgan fingerprint density at radius 3 is 2.71 bits per heavy atom. The smallest absolute Gasteiger partial charge is 0.233 e. The van der Waals surface area contributed by atoms with Gasteiger partial charge in [0.25, 0.3) is 0 Å². The molecule has 1 aromatic carbocycles. The number of amides is 1. The summed E-state index contributed by atoms with van der Waals surface area (Å²) in [6, 6.07) is 7.83. The third kappa shape index (κ3) is 4.15. The summed E-state index contributed by atoms with van der Waals surface area (Å²) >= 11 is 7.96. The maximum atomic E-state index is 12.1. The van der Waals surface area contributed by atoms with Crippen molar-refractivity contribution in [2.24, 2.45) is 0 Å². The molecule has 0 saturated carbocycles. The first-order chi connectivity index (χ1) is 10.2. The number of nitrogens with zero attached hydrogens (tertiary/aromatic N) is 2. The molecule has 0 aliphatic carbocycles. The van der Waals surface area contributed by atoms with E-state index >= 15 is 0 Å². The minimum Gasteiger partial charge on any atom is -0.326 e. The predicted molar refractivity (Wildman–Crippen MR) is 90.8 cm³/mol. The second-order valence-electron chi connectivity index (χ2n) is 5.15. The van der Waals surface area contributed by atoms with Gasteiger partial charge in [0.1, 0.15) is 5.37 Å². The lowest BCUT2D eigenvalue weighted by Gasteiger charge is -2.26. The molecule has 1 fully saturated rings.